The summed E-state index contributed by atoms with van der Waals surface area (Å²) in [5.74, 6) is 0.438. The van der Waals surface area contributed by atoms with E-state index in [1.54, 1.807) is 11.3 Å². The zero-order valence-corrected chi connectivity index (χ0v) is 14.2. The van der Waals surface area contributed by atoms with Crippen LogP contribution in [-0.4, -0.2) is 51.4 Å². The molecule has 0 amide bonds. The van der Waals surface area contributed by atoms with Crippen molar-refractivity contribution in [3.63, 3.8) is 0 Å². The molecule has 0 spiro atoms. The van der Waals surface area contributed by atoms with Gasteiger partial charge in [-0.05, 0) is 35.2 Å². The van der Waals surface area contributed by atoms with Crippen molar-refractivity contribution < 1.29 is 13.2 Å². The molecule has 3 heterocycles. The van der Waals surface area contributed by atoms with Crippen LogP contribution in [0.4, 0.5) is 0 Å². The molecule has 0 radical (unpaired) electrons. The quantitative estimate of drug-likeness (QED) is 0.846. The van der Waals surface area contributed by atoms with Crippen molar-refractivity contribution in [1.82, 2.24) is 9.62 Å². The van der Waals surface area contributed by atoms with Crippen LogP contribution in [0.2, 0.25) is 0 Å². The minimum atomic E-state index is -3.11. The number of hydrogen-bond acceptors (Lipinski definition) is 5. The molecule has 1 saturated carbocycles. The Morgan fingerprint density at radius 1 is 1.45 bits per heavy atom. The summed E-state index contributed by atoms with van der Waals surface area (Å²) in [4.78, 5) is 2.45. The van der Waals surface area contributed by atoms with E-state index in [4.69, 9.17) is 4.74 Å². The summed E-state index contributed by atoms with van der Waals surface area (Å²) in [7, 11) is -3.11. The highest BCUT2D eigenvalue weighted by atomic mass is 32.2. The Morgan fingerprint density at radius 3 is 3.05 bits per heavy atom. The number of ether oxygens (including phenoxy) is 1. The Labute approximate surface area is 135 Å². The Kier molecular flexibility index (Phi) is 3.81. The van der Waals surface area contributed by atoms with Crippen LogP contribution in [0, 0.1) is 11.3 Å². The maximum Gasteiger partial charge on any atom is 0.214 e. The molecule has 1 aromatic rings. The summed E-state index contributed by atoms with van der Waals surface area (Å²) in [6, 6.07) is 2.16. The summed E-state index contributed by atoms with van der Waals surface area (Å²) in [6.45, 7) is 4.83. The van der Waals surface area contributed by atoms with Gasteiger partial charge in [-0.25, -0.2) is 13.1 Å². The van der Waals surface area contributed by atoms with E-state index in [0.29, 0.717) is 19.1 Å². The van der Waals surface area contributed by atoms with Crippen molar-refractivity contribution in [2.45, 2.75) is 24.6 Å². The van der Waals surface area contributed by atoms with E-state index in [9.17, 15) is 8.42 Å². The number of sulfonamides is 1. The van der Waals surface area contributed by atoms with Gasteiger partial charge in [-0.15, -0.1) is 0 Å². The first-order valence-corrected chi connectivity index (χ1v) is 10.4. The van der Waals surface area contributed by atoms with Gasteiger partial charge in [0.15, 0.2) is 0 Å². The number of nitrogens with zero attached hydrogens (tertiary/aromatic N) is 1. The number of rotatable bonds is 6. The molecule has 3 fully saturated rings. The number of nitrogens with one attached hydrogen (secondary N) is 1. The minimum Gasteiger partial charge on any atom is -0.380 e. The Bertz CT molecular complexity index is 627. The second kappa shape index (κ2) is 5.56. The molecule has 0 unspecified atom stereocenters. The standard InChI is InChI=1S/C15H22N2O3S2/c18-22(19,14-1-2-14)16-9-15-10-17(5-12-3-4-21-8-12)6-13(15)7-20-11-15/h3-4,8,13-14,16H,1-2,5-7,9-11H2/t13-,15+/m1/s1. The van der Waals surface area contributed by atoms with E-state index in [1.165, 1.54) is 5.56 Å². The predicted molar refractivity (Wildman–Crippen MR) is 86.3 cm³/mol. The molecule has 1 aromatic heterocycles. The molecule has 0 aromatic carbocycles. The lowest BCUT2D eigenvalue weighted by Crippen LogP contribution is -2.43. The zero-order valence-electron chi connectivity index (χ0n) is 12.5. The lowest BCUT2D eigenvalue weighted by atomic mass is 9.81. The van der Waals surface area contributed by atoms with Crippen LogP contribution in [-0.2, 0) is 21.3 Å². The van der Waals surface area contributed by atoms with Gasteiger partial charge in [0.05, 0.1) is 18.5 Å². The van der Waals surface area contributed by atoms with E-state index in [-0.39, 0.29) is 10.7 Å². The number of likely N-dealkylation sites (tertiary alicyclic amines) is 1. The summed E-state index contributed by atoms with van der Waals surface area (Å²) in [6.07, 6.45) is 1.62. The molecule has 2 saturated heterocycles. The Balaban J connectivity index is 1.42. The molecule has 22 heavy (non-hydrogen) atoms. The van der Waals surface area contributed by atoms with Gasteiger partial charge in [-0.2, -0.15) is 11.3 Å². The molecular formula is C15H22N2O3S2. The molecule has 3 aliphatic rings. The second-order valence-electron chi connectivity index (χ2n) is 6.94. The minimum absolute atomic E-state index is 0.0437. The maximum absolute atomic E-state index is 12.1. The van der Waals surface area contributed by atoms with Gasteiger partial charge in [-0.3, -0.25) is 4.90 Å². The third kappa shape index (κ3) is 2.85. The van der Waals surface area contributed by atoms with Gasteiger partial charge in [0.25, 0.3) is 0 Å². The van der Waals surface area contributed by atoms with Crippen molar-refractivity contribution in [2.75, 3.05) is 32.8 Å². The number of fused-ring (bicyclic) bond motifs is 1. The average Bonchev–Trinajstić information content (AvgIpc) is 2.95. The van der Waals surface area contributed by atoms with Crippen LogP contribution in [0.1, 0.15) is 18.4 Å². The van der Waals surface area contributed by atoms with Gasteiger partial charge >= 0.3 is 0 Å². The van der Waals surface area contributed by atoms with Crippen molar-refractivity contribution in [3.8, 4) is 0 Å². The number of thiophene rings is 1. The molecule has 4 rings (SSSR count). The maximum atomic E-state index is 12.1. The van der Waals surface area contributed by atoms with Crippen LogP contribution in [0.3, 0.4) is 0 Å². The van der Waals surface area contributed by atoms with E-state index < -0.39 is 10.0 Å². The van der Waals surface area contributed by atoms with Crippen molar-refractivity contribution in [1.29, 1.82) is 0 Å². The van der Waals surface area contributed by atoms with Gasteiger partial charge < -0.3 is 4.74 Å². The molecule has 5 nitrogen and oxygen atoms in total. The molecular weight excluding hydrogens is 320 g/mol. The fourth-order valence-corrected chi connectivity index (χ4v) is 5.84. The largest absolute Gasteiger partial charge is 0.380 e. The third-order valence-electron chi connectivity index (χ3n) is 5.17. The molecule has 1 aliphatic carbocycles. The summed E-state index contributed by atoms with van der Waals surface area (Å²) in [5.41, 5.74) is 1.30. The van der Waals surface area contributed by atoms with Crippen LogP contribution in [0.15, 0.2) is 16.8 Å². The highest BCUT2D eigenvalue weighted by Crippen LogP contribution is 2.42. The second-order valence-corrected chi connectivity index (χ2v) is 9.77. The average molecular weight is 342 g/mol. The SMILES string of the molecule is O=S(=O)(NC[C@]12COC[C@H]1CN(Cc1ccsc1)C2)C1CC1. The lowest BCUT2D eigenvalue weighted by Gasteiger charge is -2.27. The molecule has 0 bridgehead atoms. The normalized spacial score (nSPS) is 32.5. The summed E-state index contributed by atoms with van der Waals surface area (Å²) in [5, 5.41) is 4.15. The summed E-state index contributed by atoms with van der Waals surface area (Å²) < 4.78 is 32.8. The van der Waals surface area contributed by atoms with Crippen molar-refractivity contribution in [2.24, 2.45) is 11.3 Å². The number of hydrogen-bond donors (Lipinski definition) is 1. The van der Waals surface area contributed by atoms with Gasteiger partial charge in [-0.1, -0.05) is 0 Å². The Morgan fingerprint density at radius 2 is 2.32 bits per heavy atom. The zero-order chi connectivity index (χ0) is 15.2. The van der Waals surface area contributed by atoms with E-state index in [2.05, 4.69) is 26.4 Å². The van der Waals surface area contributed by atoms with Crippen LogP contribution >= 0.6 is 11.3 Å². The first kappa shape index (κ1) is 15.1. The summed E-state index contributed by atoms with van der Waals surface area (Å²) >= 11 is 1.72. The molecule has 7 heteroatoms. The van der Waals surface area contributed by atoms with Crippen molar-refractivity contribution >= 4 is 21.4 Å². The first-order chi connectivity index (χ1) is 10.6. The van der Waals surface area contributed by atoms with E-state index >= 15 is 0 Å². The first-order valence-electron chi connectivity index (χ1n) is 7.87. The fourth-order valence-electron chi connectivity index (χ4n) is 3.69. The van der Waals surface area contributed by atoms with Gasteiger partial charge in [0, 0.05) is 37.5 Å². The Hall–Kier alpha value is -0.470. The highest BCUT2D eigenvalue weighted by Gasteiger charge is 2.51. The van der Waals surface area contributed by atoms with Crippen LogP contribution in [0.5, 0.6) is 0 Å². The predicted octanol–water partition coefficient (Wildman–Crippen LogP) is 1.28. The van der Waals surface area contributed by atoms with Gasteiger partial charge in [0.2, 0.25) is 10.0 Å². The van der Waals surface area contributed by atoms with Gasteiger partial charge in [0.1, 0.15) is 0 Å². The molecule has 122 valence electrons. The van der Waals surface area contributed by atoms with Crippen LogP contribution < -0.4 is 4.72 Å². The third-order valence-corrected chi connectivity index (χ3v) is 7.79. The molecule has 1 N–H and O–H groups in total. The molecule has 2 aliphatic heterocycles. The lowest BCUT2D eigenvalue weighted by molar-refractivity contribution is 0.128. The van der Waals surface area contributed by atoms with E-state index in [0.717, 1.165) is 39.1 Å². The topological polar surface area (TPSA) is 58.6 Å². The highest BCUT2D eigenvalue weighted by molar-refractivity contribution is 7.90. The smallest absolute Gasteiger partial charge is 0.214 e. The van der Waals surface area contributed by atoms with Crippen LogP contribution in [0.25, 0.3) is 0 Å². The molecule has 2 atom stereocenters. The van der Waals surface area contributed by atoms with Crippen molar-refractivity contribution in [3.05, 3.63) is 22.4 Å². The monoisotopic (exact) mass is 342 g/mol. The fraction of sp³-hybridized carbons (Fsp3) is 0.733. The van der Waals surface area contributed by atoms with E-state index in [1.807, 2.05) is 0 Å².